The van der Waals surface area contributed by atoms with Gasteiger partial charge in [0.1, 0.15) is 28.9 Å². The van der Waals surface area contributed by atoms with E-state index in [0.29, 0.717) is 11.0 Å². The lowest BCUT2D eigenvalue weighted by molar-refractivity contribution is -0.153. The first kappa shape index (κ1) is 39.4. The Morgan fingerprint density at radius 2 is 1.70 bits per heavy atom. The summed E-state index contributed by atoms with van der Waals surface area (Å²) in [5.41, 5.74) is -1.43. The number of carbonyl (C=O) groups is 6. The first-order chi connectivity index (χ1) is 25.5. The van der Waals surface area contributed by atoms with Crippen LogP contribution in [-0.4, -0.2) is 110 Å². The molecular formula is C32H28BCl2F2N5O12. The summed E-state index contributed by atoms with van der Waals surface area (Å²) in [4.78, 5) is 78.7. The van der Waals surface area contributed by atoms with Crippen molar-refractivity contribution >= 4 is 65.9 Å². The van der Waals surface area contributed by atoms with E-state index >= 15 is 0 Å². The van der Waals surface area contributed by atoms with Gasteiger partial charge >= 0.3 is 30.9 Å². The molecule has 1 saturated heterocycles. The average Bonchev–Trinajstić information content (AvgIpc) is 3.12. The zero-order valence-corrected chi connectivity index (χ0v) is 29.0. The number of urea groups is 1. The van der Waals surface area contributed by atoms with Gasteiger partial charge in [-0.3, -0.25) is 24.1 Å². The Balaban J connectivity index is 1.28. The van der Waals surface area contributed by atoms with Crippen LogP contribution in [0.25, 0.3) is 0 Å². The van der Waals surface area contributed by atoms with Crippen LogP contribution < -0.4 is 20.6 Å². The third-order valence-electron chi connectivity index (χ3n) is 8.45. The molecule has 2 aliphatic rings. The summed E-state index contributed by atoms with van der Waals surface area (Å²) in [7, 11) is -1.98. The fraction of sp³-hybridized carbons (Fsp3) is 0.250. The lowest BCUT2D eigenvalue weighted by Crippen LogP contribution is -2.60. The first-order valence-corrected chi connectivity index (χ1v) is 16.5. The number of phenolic OH excluding ortho intramolecular Hbond substituents is 3. The van der Waals surface area contributed by atoms with E-state index in [2.05, 4.69) is 16.0 Å². The molecule has 54 heavy (non-hydrogen) atoms. The third-order valence-corrected chi connectivity index (χ3v) is 9.25. The van der Waals surface area contributed by atoms with E-state index in [4.69, 9.17) is 27.9 Å². The summed E-state index contributed by atoms with van der Waals surface area (Å²) in [5, 5.41) is 55.8. The Labute approximate surface area is 313 Å². The molecule has 1 fully saturated rings. The molecule has 2 atom stereocenters. The minimum atomic E-state index is -2.08. The molecule has 5 rings (SSSR count). The van der Waals surface area contributed by atoms with Gasteiger partial charge in [-0.05, 0) is 42.7 Å². The number of carboxylic acid groups (broad SMARTS) is 1. The zero-order valence-electron chi connectivity index (χ0n) is 27.4. The lowest BCUT2D eigenvalue weighted by atomic mass is 9.72. The molecule has 22 heteroatoms. The van der Waals surface area contributed by atoms with Crippen LogP contribution >= 0.6 is 23.2 Å². The molecule has 284 valence electrons. The quantitative estimate of drug-likeness (QED) is 0.0629. The molecular weight excluding hydrogens is 766 g/mol. The Morgan fingerprint density at radius 3 is 2.41 bits per heavy atom. The van der Waals surface area contributed by atoms with Crippen molar-refractivity contribution in [2.24, 2.45) is 0 Å². The van der Waals surface area contributed by atoms with Gasteiger partial charge in [-0.2, -0.15) is 0 Å². The number of halogens is 4. The summed E-state index contributed by atoms with van der Waals surface area (Å²) >= 11 is 12.1. The maximum Gasteiger partial charge on any atom is 0.547 e. The number of benzene rings is 3. The van der Waals surface area contributed by atoms with Crippen LogP contribution in [0.5, 0.6) is 23.0 Å². The third kappa shape index (κ3) is 7.89. The van der Waals surface area contributed by atoms with Gasteiger partial charge in [-0.15, -0.1) is 0 Å². The predicted octanol–water partition coefficient (Wildman–Crippen LogP) is 1.47. The fourth-order valence-electron chi connectivity index (χ4n) is 5.69. The van der Waals surface area contributed by atoms with E-state index < -0.39 is 106 Å². The van der Waals surface area contributed by atoms with Gasteiger partial charge < -0.3 is 51.0 Å². The monoisotopic (exact) mass is 793 g/mol. The fourth-order valence-corrected chi connectivity index (χ4v) is 6.15. The number of phenols is 3. The summed E-state index contributed by atoms with van der Waals surface area (Å²) in [5.74, 6) is -13.3. The maximum absolute atomic E-state index is 14.6. The molecule has 2 heterocycles. The molecule has 0 saturated carbocycles. The maximum atomic E-state index is 14.6. The number of imide groups is 1. The van der Waals surface area contributed by atoms with Crippen molar-refractivity contribution in [2.75, 3.05) is 26.2 Å². The molecule has 3 aromatic rings. The van der Waals surface area contributed by atoms with Crippen LogP contribution in [0.2, 0.25) is 10.0 Å². The Hall–Kier alpha value is -5.86. The zero-order chi connectivity index (χ0) is 39.6. The highest BCUT2D eigenvalue weighted by molar-refractivity contribution is 6.47. The highest BCUT2D eigenvalue weighted by Crippen LogP contribution is 2.41. The molecule has 0 aliphatic carbocycles. The molecule has 0 bridgehead atoms. The number of nitrogens with one attached hydrogen (secondary N) is 3. The average molecular weight is 794 g/mol. The Morgan fingerprint density at radius 1 is 0.981 bits per heavy atom. The van der Waals surface area contributed by atoms with Gasteiger partial charge in [0.15, 0.2) is 17.3 Å². The first-order valence-electron chi connectivity index (χ1n) is 15.8. The van der Waals surface area contributed by atoms with E-state index in [9.17, 15) is 63.0 Å². The number of piperazine rings is 1. The lowest BCUT2D eigenvalue weighted by Gasteiger charge is -2.34. The van der Waals surface area contributed by atoms with E-state index in [-0.39, 0.29) is 54.4 Å². The molecule has 0 radical (unpaired) electrons. The van der Waals surface area contributed by atoms with Crippen molar-refractivity contribution in [1.82, 2.24) is 25.8 Å². The van der Waals surface area contributed by atoms with E-state index in [1.807, 2.05) is 0 Å². The standard InChI is InChI=1S/C32H28BCl2F2N5O12/c34-21-14(3-1-4-18(21)43)27(46)38-7-2-8-41-9-10-42(30(49)29(41)48)32(52)40-23(15-12-17(37)24(44)25(45)22(15)35)28(47)39-19-11-13-5-6-16(36)20(31(50)51)26(13)54-33(19)53/h1,3-6,12,19,23,43-45,53H,2,7-11H2,(H,38,46)(H,39,47)(H,40,52)(H,50,51). The van der Waals surface area contributed by atoms with Gasteiger partial charge in [-0.25, -0.2) is 18.4 Å². The number of aromatic hydroxyl groups is 3. The van der Waals surface area contributed by atoms with Crippen molar-refractivity contribution in [2.45, 2.75) is 24.8 Å². The van der Waals surface area contributed by atoms with Crippen LogP contribution in [0.4, 0.5) is 13.6 Å². The Bertz CT molecular complexity index is 2080. The number of amides is 6. The molecule has 0 spiro atoms. The van der Waals surface area contributed by atoms with Crippen LogP contribution in [-0.2, 0) is 20.8 Å². The summed E-state index contributed by atoms with van der Waals surface area (Å²) in [6.07, 6.45) is -0.174. The highest BCUT2D eigenvalue weighted by atomic mass is 35.5. The minimum Gasteiger partial charge on any atom is -0.534 e. The minimum absolute atomic E-state index is 0.0145. The van der Waals surface area contributed by atoms with Crippen LogP contribution in [0.15, 0.2) is 36.4 Å². The second-order valence-electron chi connectivity index (χ2n) is 11.9. The summed E-state index contributed by atoms with van der Waals surface area (Å²) < 4.78 is 34.0. The van der Waals surface area contributed by atoms with Crippen LogP contribution in [0, 0.1) is 11.6 Å². The number of aromatic carboxylic acids is 1. The van der Waals surface area contributed by atoms with Gasteiger partial charge in [-0.1, -0.05) is 35.3 Å². The SMILES string of the molecule is O=C(NCCCN1CCN(C(=O)NC(C(=O)NC2Cc3ccc(F)c(C(=O)O)c3OB2O)c2cc(F)c(O)c(O)c2Cl)C(=O)C1=O)c1cccc(O)c1Cl. The molecule has 6 amide bonds. The largest absolute Gasteiger partial charge is 0.547 e. The number of fused-ring (bicyclic) bond motifs is 1. The van der Waals surface area contributed by atoms with Crippen molar-refractivity contribution in [3.05, 3.63) is 80.3 Å². The van der Waals surface area contributed by atoms with E-state index in [1.165, 1.54) is 18.2 Å². The normalized spacial score (nSPS) is 15.9. The number of nitrogens with zero attached hydrogens (tertiary/aromatic N) is 2. The molecule has 17 nitrogen and oxygen atoms in total. The van der Waals surface area contributed by atoms with Gasteiger partial charge in [0.25, 0.3) is 5.91 Å². The van der Waals surface area contributed by atoms with Crippen molar-refractivity contribution in [3.63, 3.8) is 0 Å². The molecule has 3 aromatic carbocycles. The van der Waals surface area contributed by atoms with Crippen LogP contribution in [0.3, 0.4) is 0 Å². The number of carbonyl (C=O) groups excluding carboxylic acids is 5. The molecule has 0 aromatic heterocycles. The summed E-state index contributed by atoms with van der Waals surface area (Å²) in [6, 6.07) is 3.17. The molecule has 8 N–H and O–H groups in total. The predicted molar refractivity (Wildman–Crippen MR) is 182 cm³/mol. The van der Waals surface area contributed by atoms with Crippen LogP contribution in [0.1, 0.15) is 44.3 Å². The number of hydrogen-bond donors (Lipinski definition) is 8. The second-order valence-corrected chi connectivity index (χ2v) is 12.6. The number of rotatable bonds is 10. The van der Waals surface area contributed by atoms with Gasteiger partial charge in [0, 0.05) is 31.7 Å². The van der Waals surface area contributed by atoms with E-state index in [0.717, 1.165) is 17.0 Å². The topological polar surface area (TPSA) is 255 Å². The molecule has 2 unspecified atom stereocenters. The Kier molecular flexibility index (Phi) is 11.7. The second kappa shape index (κ2) is 16.0. The van der Waals surface area contributed by atoms with Gasteiger partial charge in [0.2, 0.25) is 5.91 Å². The molecule has 2 aliphatic heterocycles. The van der Waals surface area contributed by atoms with Crippen molar-refractivity contribution < 1.29 is 67.7 Å². The number of hydrogen-bond acceptors (Lipinski definition) is 11. The van der Waals surface area contributed by atoms with Crippen molar-refractivity contribution in [3.8, 4) is 23.0 Å². The van der Waals surface area contributed by atoms with Crippen molar-refractivity contribution in [1.29, 1.82) is 0 Å². The number of carboxylic acids is 1. The highest BCUT2D eigenvalue weighted by Gasteiger charge is 2.42. The smallest absolute Gasteiger partial charge is 0.534 e. The summed E-state index contributed by atoms with van der Waals surface area (Å²) in [6.45, 7) is -0.575. The van der Waals surface area contributed by atoms with E-state index in [1.54, 1.807) is 0 Å². The van der Waals surface area contributed by atoms with Gasteiger partial charge in [0.05, 0.1) is 21.5 Å².